The number of aryl methyl sites for hydroxylation is 1. The molecule has 1 atom stereocenters. The summed E-state index contributed by atoms with van der Waals surface area (Å²) in [6.07, 6.45) is 3.40. The molecule has 0 aliphatic carbocycles. The Balaban J connectivity index is 2.07. The third-order valence-electron chi connectivity index (χ3n) is 4.65. The summed E-state index contributed by atoms with van der Waals surface area (Å²) in [5.41, 5.74) is 0.808. The molecule has 6 nitrogen and oxygen atoms in total. The summed E-state index contributed by atoms with van der Waals surface area (Å²) < 4.78 is 14.9. The Hall–Kier alpha value is -1.02. The predicted molar refractivity (Wildman–Crippen MR) is 92.5 cm³/mol. The highest BCUT2D eigenvalue weighted by atomic mass is 79.9. The van der Waals surface area contributed by atoms with Crippen LogP contribution < -0.4 is 4.90 Å². The Bertz CT molecular complexity index is 727. The van der Waals surface area contributed by atoms with E-state index in [0.717, 1.165) is 47.4 Å². The third kappa shape index (κ3) is 2.36. The molecule has 0 radical (unpaired) electrons. The van der Waals surface area contributed by atoms with Crippen LogP contribution in [-0.4, -0.2) is 47.5 Å². The van der Waals surface area contributed by atoms with Gasteiger partial charge in [0.25, 0.3) is 0 Å². The molecule has 0 amide bonds. The smallest absolute Gasteiger partial charge is 0.164 e. The maximum atomic E-state index is 12.5. The van der Waals surface area contributed by atoms with Crippen LogP contribution in [0.1, 0.15) is 26.7 Å². The molecular weight excluding hydrogens is 366 g/mol. The van der Waals surface area contributed by atoms with E-state index in [2.05, 4.69) is 49.7 Å². The number of nitrogens with zero attached hydrogens (tertiary/aromatic N) is 5. The van der Waals surface area contributed by atoms with E-state index in [1.54, 1.807) is 11.0 Å². The molecule has 0 bridgehead atoms. The van der Waals surface area contributed by atoms with Gasteiger partial charge in [-0.3, -0.25) is 4.21 Å². The van der Waals surface area contributed by atoms with Crippen LogP contribution in [-0.2, 0) is 17.8 Å². The molecule has 0 saturated carbocycles. The summed E-state index contributed by atoms with van der Waals surface area (Å²) in [6.45, 7) is 5.77. The van der Waals surface area contributed by atoms with Gasteiger partial charge in [0.2, 0.25) is 0 Å². The van der Waals surface area contributed by atoms with Crippen molar-refractivity contribution in [3.63, 3.8) is 0 Å². The first-order valence-corrected chi connectivity index (χ1v) is 9.60. The van der Waals surface area contributed by atoms with E-state index in [9.17, 15) is 4.21 Å². The average Bonchev–Trinajstić information content (AvgIpc) is 2.83. The minimum Gasteiger partial charge on any atom is -0.353 e. The molecule has 1 aliphatic rings. The predicted octanol–water partition coefficient (Wildman–Crippen LogP) is 2.25. The zero-order chi connectivity index (χ0) is 15.9. The first-order chi connectivity index (χ1) is 10.5. The van der Waals surface area contributed by atoms with Crippen molar-refractivity contribution in [2.75, 3.05) is 23.7 Å². The van der Waals surface area contributed by atoms with E-state index in [0.29, 0.717) is 5.75 Å². The van der Waals surface area contributed by atoms with Crippen molar-refractivity contribution in [1.82, 2.24) is 19.7 Å². The van der Waals surface area contributed by atoms with Crippen LogP contribution in [0.15, 0.2) is 10.9 Å². The number of rotatable bonds is 3. The largest absolute Gasteiger partial charge is 0.353 e. The van der Waals surface area contributed by atoms with E-state index >= 15 is 0 Å². The van der Waals surface area contributed by atoms with Crippen LogP contribution in [0.25, 0.3) is 11.0 Å². The van der Waals surface area contributed by atoms with Crippen molar-refractivity contribution in [2.24, 2.45) is 7.05 Å². The molecule has 120 valence electrons. The lowest BCUT2D eigenvalue weighted by Crippen LogP contribution is -2.53. The maximum absolute atomic E-state index is 12.5. The standard InChI is InChI=1S/C14H20BrN5OS/c1-4-14(5-2)8-20(6-7-22(14)21)13-10-11(15)18-19(3)12(10)16-9-17-13/h9H,4-8H2,1-3H3. The van der Waals surface area contributed by atoms with E-state index in [1.165, 1.54) is 0 Å². The minimum absolute atomic E-state index is 0.149. The van der Waals surface area contributed by atoms with E-state index in [-0.39, 0.29) is 4.75 Å². The fraction of sp³-hybridized carbons (Fsp3) is 0.643. The quantitative estimate of drug-likeness (QED) is 0.810. The molecule has 1 unspecified atom stereocenters. The topological polar surface area (TPSA) is 63.9 Å². The molecule has 2 aromatic rings. The summed E-state index contributed by atoms with van der Waals surface area (Å²) in [4.78, 5) is 11.1. The second-order valence-corrected chi connectivity index (χ2v) is 8.39. The first kappa shape index (κ1) is 15.9. The van der Waals surface area contributed by atoms with Crippen LogP contribution in [0.3, 0.4) is 0 Å². The molecule has 0 aromatic carbocycles. The Morgan fingerprint density at radius 2 is 2.09 bits per heavy atom. The van der Waals surface area contributed by atoms with Crippen LogP contribution in [0.2, 0.25) is 0 Å². The lowest BCUT2D eigenvalue weighted by molar-refractivity contribution is 0.495. The zero-order valence-corrected chi connectivity index (χ0v) is 15.4. The fourth-order valence-corrected chi connectivity index (χ4v) is 5.51. The van der Waals surface area contributed by atoms with Crippen LogP contribution in [0.5, 0.6) is 0 Å². The number of hydrogen-bond donors (Lipinski definition) is 0. The van der Waals surface area contributed by atoms with Gasteiger partial charge < -0.3 is 4.90 Å². The molecule has 3 rings (SSSR count). The Kier molecular flexibility index (Phi) is 4.24. The molecule has 1 saturated heterocycles. The van der Waals surface area contributed by atoms with Crippen molar-refractivity contribution < 1.29 is 4.21 Å². The second kappa shape index (κ2) is 5.88. The third-order valence-corrected chi connectivity index (χ3v) is 7.44. The Labute approximate surface area is 140 Å². The van der Waals surface area contributed by atoms with Crippen molar-refractivity contribution in [2.45, 2.75) is 31.4 Å². The highest BCUT2D eigenvalue weighted by Gasteiger charge is 2.39. The van der Waals surface area contributed by atoms with Crippen molar-refractivity contribution in [3.8, 4) is 0 Å². The number of fused-ring (bicyclic) bond motifs is 1. The van der Waals surface area contributed by atoms with Crippen LogP contribution >= 0.6 is 15.9 Å². The van der Waals surface area contributed by atoms with Gasteiger partial charge in [-0.05, 0) is 28.8 Å². The van der Waals surface area contributed by atoms with Gasteiger partial charge in [0, 0.05) is 36.7 Å². The normalized spacial score (nSPS) is 21.5. The molecule has 3 heterocycles. The summed E-state index contributed by atoms with van der Waals surface area (Å²) in [5, 5.41) is 5.31. The van der Waals surface area contributed by atoms with E-state index < -0.39 is 10.8 Å². The Morgan fingerprint density at radius 1 is 1.36 bits per heavy atom. The molecular formula is C14H20BrN5OS. The number of aromatic nitrogens is 4. The van der Waals surface area contributed by atoms with Crippen LogP contribution in [0.4, 0.5) is 5.82 Å². The van der Waals surface area contributed by atoms with Gasteiger partial charge in [0.1, 0.15) is 16.7 Å². The highest BCUT2D eigenvalue weighted by molar-refractivity contribution is 9.10. The molecule has 0 spiro atoms. The van der Waals surface area contributed by atoms with E-state index in [1.807, 2.05) is 7.05 Å². The highest BCUT2D eigenvalue weighted by Crippen LogP contribution is 2.35. The summed E-state index contributed by atoms with van der Waals surface area (Å²) in [5.74, 6) is 1.57. The minimum atomic E-state index is -0.783. The Morgan fingerprint density at radius 3 is 2.77 bits per heavy atom. The first-order valence-electron chi connectivity index (χ1n) is 7.49. The summed E-state index contributed by atoms with van der Waals surface area (Å²) in [7, 11) is 1.09. The molecule has 1 fully saturated rings. The van der Waals surface area contributed by atoms with Crippen molar-refractivity contribution in [3.05, 3.63) is 10.9 Å². The van der Waals surface area contributed by atoms with Crippen molar-refractivity contribution >= 4 is 43.6 Å². The molecule has 8 heteroatoms. The fourth-order valence-electron chi connectivity index (χ4n) is 3.15. The van der Waals surface area contributed by atoms with Crippen molar-refractivity contribution in [1.29, 1.82) is 0 Å². The lowest BCUT2D eigenvalue weighted by Gasteiger charge is -2.41. The summed E-state index contributed by atoms with van der Waals surface area (Å²) in [6, 6.07) is 0. The SMILES string of the molecule is CCC1(CC)CN(c2ncnc3c2c(Br)nn3C)CCS1=O. The second-order valence-electron chi connectivity index (χ2n) is 5.67. The van der Waals surface area contributed by atoms with Gasteiger partial charge >= 0.3 is 0 Å². The number of halogens is 1. The monoisotopic (exact) mass is 385 g/mol. The van der Waals surface area contributed by atoms with Gasteiger partial charge in [-0.15, -0.1) is 0 Å². The zero-order valence-electron chi connectivity index (χ0n) is 13.0. The van der Waals surface area contributed by atoms with Gasteiger partial charge in [0.05, 0.1) is 10.1 Å². The lowest BCUT2D eigenvalue weighted by atomic mass is 10.0. The maximum Gasteiger partial charge on any atom is 0.164 e. The van der Waals surface area contributed by atoms with Gasteiger partial charge in [-0.25, -0.2) is 14.6 Å². The molecule has 2 aromatic heterocycles. The molecule has 1 aliphatic heterocycles. The van der Waals surface area contributed by atoms with Crippen LogP contribution in [0, 0.1) is 0 Å². The molecule has 22 heavy (non-hydrogen) atoms. The number of hydrogen-bond acceptors (Lipinski definition) is 5. The van der Waals surface area contributed by atoms with Gasteiger partial charge in [-0.2, -0.15) is 5.10 Å². The van der Waals surface area contributed by atoms with Gasteiger partial charge in [-0.1, -0.05) is 13.8 Å². The van der Waals surface area contributed by atoms with E-state index in [4.69, 9.17) is 0 Å². The molecule has 0 N–H and O–H groups in total. The summed E-state index contributed by atoms with van der Waals surface area (Å²) >= 11 is 3.51. The average molecular weight is 386 g/mol. The van der Waals surface area contributed by atoms with Gasteiger partial charge in [0.15, 0.2) is 5.65 Å². The number of anilines is 1.